The second-order valence-corrected chi connectivity index (χ2v) is 6.76. The number of benzene rings is 1. The number of aliphatic hydroxyl groups is 1. The maximum Gasteiger partial charge on any atom is 0.191 e. The first kappa shape index (κ1) is 23.2. The van der Waals surface area contributed by atoms with E-state index in [0.29, 0.717) is 32.3 Å². The fourth-order valence-electron chi connectivity index (χ4n) is 2.97. The molecule has 0 heterocycles. The summed E-state index contributed by atoms with van der Waals surface area (Å²) in [6, 6.07) is 7.92. The molecule has 1 aromatic rings. The predicted molar refractivity (Wildman–Crippen MR) is 111 cm³/mol. The molecule has 3 N–H and O–H groups in total. The van der Waals surface area contributed by atoms with Crippen LogP contribution in [0.4, 0.5) is 0 Å². The van der Waals surface area contributed by atoms with Crippen LogP contribution in [-0.2, 0) is 11.3 Å². The van der Waals surface area contributed by atoms with Gasteiger partial charge in [0.1, 0.15) is 12.4 Å². The van der Waals surface area contributed by atoms with Crippen LogP contribution in [0.25, 0.3) is 0 Å². The second kappa shape index (κ2) is 13.4. The minimum Gasteiger partial charge on any atom is -0.491 e. The molecule has 0 aromatic heterocycles. The van der Waals surface area contributed by atoms with Gasteiger partial charge in [0.05, 0.1) is 18.8 Å². The lowest BCUT2D eigenvalue weighted by Crippen LogP contribution is -2.47. The second-order valence-electron chi connectivity index (χ2n) is 6.76. The summed E-state index contributed by atoms with van der Waals surface area (Å²) in [6.45, 7) is 9.13. The lowest BCUT2D eigenvalue weighted by atomic mass is 9.93. The Morgan fingerprint density at radius 1 is 1.11 bits per heavy atom. The molecular weight excluding hydrogens is 342 g/mol. The average Bonchev–Trinajstić information content (AvgIpc) is 2.65. The van der Waals surface area contributed by atoms with Crippen LogP contribution < -0.4 is 15.4 Å². The molecule has 0 atom stereocenters. The fourth-order valence-corrected chi connectivity index (χ4v) is 2.97. The monoisotopic (exact) mass is 379 g/mol. The Bertz CT molecular complexity index is 543. The molecule has 6 heteroatoms. The van der Waals surface area contributed by atoms with Gasteiger partial charge < -0.3 is 25.2 Å². The van der Waals surface area contributed by atoms with Crippen LogP contribution >= 0.6 is 0 Å². The normalized spacial score (nSPS) is 12.1. The number of ether oxygens (including phenoxy) is 2. The van der Waals surface area contributed by atoms with Gasteiger partial charge in [-0.05, 0) is 37.5 Å². The van der Waals surface area contributed by atoms with Gasteiger partial charge in [-0.25, -0.2) is 4.99 Å². The highest BCUT2D eigenvalue weighted by atomic mass is 16.5. The van der Waals surface area contributed by atoms with Gasteiger partial charge in [0.15, 0.2) is 5.96 Å². The van der Waals surface area contributed by atoms with E-state index in [-0.39, 0.29) is 0 Å². The van der Waals surface area contributed by atoms with Gasteiger partial charge in [-0.1, -0.05) is 38.8 Å². The molecule has 27 heavy (non-hydrogen) atoms. The topological polar surface area (TPSA) is 75.1 Å². The summed E-state index contributed by atoms with van der Waals surface area (Å²) in [7, 11) is 1.66. The Morgan fingerprint density at radius 2 is 1.85 bits per heavy atom. The van der Waals surface area contributed by atoms with Gasteiger partial charge in [0.25, 0.3) is 0 Å². The lowest BCUT2D eigenvalue weighted by Gasteiger charge is -2.28. The Hall–Kier alpha value is -1.79. The van der Waals surface area contributed by atoms with Crippen LogP contribution in [0.3, 0.4) is 0 Å². The molecule has 0 saturated heterocycles. The van der Waals surface area contributed by atoms with Crippen molar-refractivity contribution in [3.05, 3.63) is 29.8 Å². The minimum absolute atomic E-state index is 0.501. The Kier molecular flexibility index (Phi) is 11.5. The number of aliphatic imine (C=N–C) groups is 1. The third-order valence-electron chi connectivity index (χ3n) is 4.23. The number of nitrogens with one attached hydrogen (secondary N) is 2. The molecule has 0 saturated carbocycles. The highest BCUT2D eigenvalue weighted by Gasteiger charge is 2.24. The van der Waals surface area contributed by atoms with E-state index in [0.717, 1.165) is 43.5 Å². The minimum atomic E-state index is -0.686. The molecule has 0 aliphatic carbocycles. The molecule has 6 nitrogen and oxygen atoms in total. The fraction of sp³-hybridized carbons (Fsp3) is 0.667. The van der Waals surface area contributed by atoms with E-state index in [9.17, 15) is 5.11 Å². The molecule has 0 spiro atoms. The zero-order valence-corrected chi connectivity index (χ0v) is 17.4. The van der Waals surface area contributed by atoms with Crippen LogP contribution in [0, 0.1) is 0 Å². The number of hydrogen-bond donors (Lipinski definition) is 3. The van der Waals surface area contributed by atoms with Crippen molar-refractivity contribution in [2.24, 2.45) is 4.99 Å². The lowest BCUT2D eigenvalue weighted by molar-refractivity contribution is 0.0257. The zero-order valence-electron chi connectivity index (χ0n) is 17.4. The molecule has 0 radical (unpaired) electrons. The van der Waals surface area contributed by atoms with Crippen molar-refractivity contribution in [2.75, 3.05) is 33.4 Å². The van der Waals surface area contributed by atoms with Crippen molar-refractivity contribution in [1.29, 1.82) is 0 Å². The summed E-state index contributed by atoms with van der Waals surface area (Å²) in [5.74, 6) is 1.53. The quantitative estimate of drug-likeness (QED) is 0.279. The highest BCUT2D eigenvalue weighted by molar-refractivity contribution is 5.79. The van der Waals surface area contributed by atoms with E-state index in [1.807, 2.05) is 31.2 Å². The number of hydrogen-bond acceptors (Lipinski definition) is 4. The van der Waals surface area contributed by atoms with Crippen molar-refractivity contribution in [3.8, 4) is 5.75 Å². The average molecular weight is 380 g/mol. The van der Waals surface area contributed by atoms with E-state index in [4.69, 9.17) is 9.47 Å². The summed E-state index contributed by atoms with van der Waals surface area (Å²) in [5, 5.41) is 17.3. The van der Waals surface area contributed by atoms with Crippen LogP contribution in [0.1, 0.15) is 52.0 Å². The van der Waals surface area contributed by atoms with E-state index in [2.05, 4.69) is 29.5 Å². The largest absolute Gasteiger partial charge is 0.491 e. The van der Waals surface area contributed by atoms with Gasteiger partial charge in [0.2, 0.25) is 0 Å². The maximum atomic E-state index is 10.8. The summed E-state index contributed by atoms with van der Waals surface area (Å²) in [4.78, 5) is 4.65. The van der Waals surface area contributed by atoms with E-state index >= 15 is 0 Å². The molecule has 0 amide bonds. The van der Waals surface area contributed by atoms with Crippen molar-refractivity contribution < 1.29 is 14.6 Å². The third-order valence-corrected chi connectivity index (χ3v) is 4.23. The van der Waals surface area contributed by atoms with Gasteiger partial charge >= 0.3 is 0 Å². The molecule has 0 unspecified atom stereocenters. The van der Waals surface area contributed by atoms with Crippen molar-refractivity contribution in [1.82, 2.24) is 10.6 Å². The van der Waals surface area contributed by atoms with Crippen molar-refractivity contribution in [3.63, 3.8) is 0 Å². The van der Waals surface area contributed by atoms with Crippen molar-refractivity contribution in [2.45, 2.75) is 58.6 Å². The molecule has 154 valence electrons. The Balaban J connectivity index is 2.68. The molecule has 0 fully saturated rings. The smallest absolute Gasteiger partial charge is 0.191 e. The van der Waals surface area contributed by atoms with Crippen LogP contribution in [-0.4, -0.2) is 50.1 Å². The van der Waals surface area contributed by atoms with Crippen LogP contribution in [0.5, 0.6) is 5.75 Å². The van der Waals surface area contributed by atoms with Gasteiger partial charge in [-0.15, -0.1) is 0 Å². The summed E-state index contributed by atoms with van der Waals surface area (Å²) in [5.41, 5.74) is 0.383. The molecule has 1 aromatic carbocycles. The van der Waals surface area contributed by atoms with Gasteiger partial charge in [-0.3, -0.25) is 0 Å². The summed E-state index contributed by atoms with van der Waals surface area (Å²) < 4.78 is 10.7. The maximum absolute atomic E-state index is 10.8. The van der Waals surface area contributed by atoms with Gasteiger partial charge in [-0.2, -0.15) is 0 Å². The summed E-state index contributed by atoms with van der Waals surface area (Å²) >= 11 is 0. The van der Waals surface area contributed by atoms with Crippen LogP contribution in [0.15, 0.2) is 29.3 Å². The van der Waals surface area contributed by atoms with Crippen LogP contribution in [0.2, 0.25) is 0 Å². The number of rotatable bonds is 13. The first-order chi connectivity index (χ1) is 13.1. The Morgan fingerprint density at radius 3 is 2.48 bits per heavy atom. The predicted octanol–water partition coefficient (Wildman–Crippen LogP) is 3.10. The number of methoxy groups -OCH3 is 1. The molecule has 1 rings (SSSR count). The highest BCUT2D eigenvalue weighted by Crippen LogP contribution is 2.18. The molecular formula is C21H37N3O3. The molecule has 0 aliphatic heterocycles. The first-order valence-electron chi connectivity index (χ1n) is 10.0. The standard InChI is InChI=1S/C21H37N3O3/c1-5-11-21(25,12-6-2)17-24-20(22-7-3)23-16-18-9-8-10-19(15-18)27-14-13-26-4/h8-10,15,25H,5-7,11-14,16-17H2,1-4H3,(H2,22,23,24). The third kappa shape index (κ3) is 9.63. The Labute approximate surface area is 164 Å². The number of guanidine groups is 1. The van der Waals surface area contributed by atoms with E-state index in [1.54, 1.807) is 7.11 Å². The molecule has 0 bridgehead atoms. The van der Waals surface area contributed by atoms with E-state index in [1.165, 1.54) is 0 Å². The summed E-state index contributed by atoms with van der Waals surface area (Å²) in [6.07, 6.45) is 3.49. The number of nitrogens with zero attached hydrogens (tertiary/aromatic N) is 1. The molecule has 0 aliphatic rings. The SMILES string of the molecule is CCCC(O)(CCC)CNC(=NCc1cccc(OCCOC)c1)NCC. The van der Waals surface area contributed by atoms with Gasteiger partial charge in [0, 0.05) is 20.2 Å². The van der Waals surface area contributed by atoms with Crippen molar-refractivity contribution >= 4 is 5.96 Å². The van der Waals surface area contributed by atoms with E-state index < -0.39 is 5.60 Å². The first-order valence-corrected chi connectivity index (χ1v) is 10.0. The zero-order chi connectivity index (χ0) is 20.0.